The van der Waals surface area contributed by atoms with Crippen LogP contribution in [0.25, 0.3) is 0 Å². The highest BCUT2D eigenvalue weighted by molar-refractivity contribution is 5.94. The maximum absolute atomic E-state index is 12.5. The van der Waals surface area contributed by atoms with Gasteiger partial charge in [0.1, 0.15) is 5.75 Å². The summed E-state index contributed by atoms with van der Waals surface area (Å²) in [5, 5.41) is 10.0. The molecule has 6 nitrogen and oxygen atoms in total. The van der Waals surface area contributed by atoms with Gasteiger partial charge in [0.05, 0.1) is 18.8 Å². The number of hydrogen-bond acceptors (Lipinski definition) is 5. The van der Waals surface area contributed by atoms with Crippen molar-refractivity contribution in [3.63, 3.8) is 0 Å². The summed E-state index contributed by atoms with van der Waals surface area (Å²) in [6.45, 7) is 2.09. The number of likely N-dealkylation sites (tertiary alicyclic amines) is 1. The average molecular weight is 307 g/mol. The topological polar surface area (TPSA) is 79.0 Å². The van der Waals surface area contributed by atoms with Crippen LogP contribution in [0.4, 0.5) is 0 Å². The number of aliphatic hydroxyl groups is 1. The second kappa shape index (κ2) is 7.58. The van der Waals surface area contributed by atoms with Crippen molar-refractivity contribution in [2.45, 2.75) is 18.6 Å². The molecule has 1 aliphatic heterocycles. The van der Waals surface area contributed by atoms with Gasteiger partial charge in [-0.2, -0.15) is 0 Å². The van der Waals surface area contributed by atoms with E-state index in [0.717, 1.165) is 12.2 Å². The van der Waals surface area contributed by atoms with Gasteiger partial charge < -0.3 is 25.4 Å². The monoisotopic (exact) mass is 307 g/mol. The third kappa shape index (κ3) is 3.97. The number of ether oxygens (including phenoxy) is 1. The lowest BCUT2D eigenvalue weighted by molar-refractivity contribution is 0.0764. The first kappa shape index (κ1) is 16.7. The predicted molar refractivity (Wildman–Crippen MR) is 85.0 cm³/mol. The van der Waals surface area contributed by atoms with Crippen molar-refractivity contribution in [1.82, 2.24) is 9.80 Å². The first-order valence-corrected chi connectivity index (χ1v) is 7.59. The number of nitrogens with two attached hydrogens (primary N) is 1. The number of β-amino-alcohol motifs (C(OH)–C–C–N with tert-alkyl or cyclic N) is 1. The number of carbonyl (C=O) groups is 1. The number of likely N-dealkylation sites (N-methyl/N-ethyl adjacent to an activating group) is 1. The Balaban J connectivity index is 1.95. The number of amides is 1. The molecule has 1 heterocycles. The van der Waals surface area contributed by atoms with Crippen molar-refractivity contribution >= 4 is 5.91 Å². The number of nitrogens with zero attached hydrogens (tertiary/aromatic N) is 2. The summed E-state index contributed by atoms with van der Waals surface area (Å²) in [6.07, 6.45) is 0.302. The fourth-order valence-corrected chi connectivity index (χ4v) is 2.59. The van der Waals surface area contributed by atoms with Crippen LogP contribution in [-0.4, -0.2) is 73.3 Å². The normalized spacial score (nSPS) is 21.4. The zero-order valence-corrected chi connectivity index (χ0v) is 13.2. The lowest BCUT2D eigenvalue weighted by Gasteiger charge is -2.21. The molecule has 2 atom stereocenters. The second-order valence-electron chi connectivity index (χ2n) is 5.82. The highest BCUT2D eigenvalue weighted by atomic mass is 16.5. The molecule has 1 aromatic rings. The molecular formula is C16H25N3O3. The number of benzene rings is 1. The number of rotatable bonds is 6. The van der Waals surface area contributed by atoms with E-state index >= 15 is 0 Å². The second-order valence-corrected chi connectivity index (χ2v) is 5.82. The molecule has 2 rings (SSSR count). The molecule has 0 saturated carbocycles. The van der Waals surface area contributed by atoms with E-state index in [1.807, 2.05) is 19.0 Å². The summed E-state index contributed by atoms with van der Waals surface area (Å²) >= 11 is 0. The zero-order chi connectivity index (χ0) is 16.1. The van der Waals surface area contributed by atoms with Crippen LogP contribution in [0.2, 0.25) is 0 Å². The Morgan fingerprint density at radius 3 is 2.59 bits per heavy atom. The molecule has 0 aliphatic carbocycles. The van der Waals surface area contributed by atoms with E-state index in [9.17, 15) is 9.90 Å². The van der Waals surface area contributed by atoms with Crippen molar-refractivity contribution in [3.05, 3.63) is 29.8 Å². The van der Waals surface area contributed by atoms with Gasteiger partial charge >= 0.3 is 0 Å². The van der Waals surface area contributed by atoms with Crippen molar-refractivity contribution in [1.29, 1.82) is 0 Å². The van der Waals surface area contributed by atoms with E-state index in [1.54, 1.807) is 29.2 Å². The predicted octanol–water partition coefficient (Wildman–Crippen LogP) is 0.161. The summed E-state index contributed by atoms with van der Waals surface area (Å²) in [5.74, 6) is 0.675. The van der Waals surface area contributed by atoms with Crippen molar-refractivity contribution < 1.29 is 14.6 Å². The largest absolute Gasteiger partial charge is 0.494 e. The molecule has 0 spiro atoms. The molecule has 22 heavy (non-hydrogen) atoms. The van der Waals surface area contributed by atoms with Gasteiger partial charge in [0.2, 0.25) is 0 Å². The first-order chi connectivity index (χ1) is 10.5. The molecule has 6 heteroatoms. The minimum absolute atomic E-state index is 0.0113. The van der Waals surface area contributed by atoms with Gasteiger partial charge in [0.25, 0.3) is 5.91 Å². The van der Waals surface area contributed by atoms with Crippen LogP contribution in [0, 0.1) is 0 Å². The molecule has 122 valence electrons. The first-order valence-electron chi connectivity index (χ1n) is 7.59. The van der Waals surface area contributed by atoms with Crippen LogP contribution in [0.3, 0.4) is 0 Å². The fourth-order valence-electron chi connectivity index (χ4n) is 2.59. The number of hydrogen-bond donors (Lipinski definition) is 2. The standard InChI is InChI=1S/C16H25N3O3/c1-18(2)14-10-19(11-15(14)20)16(21)12-4-6-13(7-5-12)22-9-3-8-17/h4-7,14-15,20H,3,8-11,17H2,1-2H3/t14-,15-/m1/s1. The lowest BCUT2D eigenvalue weighted by atomic mass is 10.2. The summed E-state index contributed by atoms with van der Waals surface area (Å²) < 4.78 is 5.52. The van der Waals surface area contributed by atoms with E-state index in [2.05, 4.69) is 0 Å². The van der Waals surface area contributed by atoms with Crippen LogP contribution in [0.5, 0.6) is 5.75 Å². The fraction of sp³-hybridized carbons (Fsp3) is 0.562. The highest BCUT2D eigenvalue weighted by Crippen LogP contribution is 2.19. The highest BCUT2D eigenvalue weighted by Gasteiger charge is 2.35. The lowest BCUT2D eigenvalue weighted by Crippen LogP contribution is -2.38. The Kier molecular flexibility index (Phi) is 5.76. The summed E-state index contributed by atoms with van der Waals surface area (Å²) in [4.78, 5) is 16.1. The zero-order valence-electron chi connectivity index (χ0n) is 13.2. The summed E-state index contributed by atoms with van der Waals surface area (Å²) in [7, 11) is 3.82. The molecule has 1 fully saturated rings. The maximum atomic E-state index is 12.5. The summed E-state index contributed by atoms with van der Waals surface area (Å²) in [5.41, 5.74) is 6.02. The molecular weight excluding hydrogens is 282 g/mol. The number of aliphatic hydroxyl groups excluding tert-OH is 1. The Morgan fingerprint density at radius 2 is 2.05 bits per heavy atom. The van der Waals surface area contributed by atoms with Crippen LogP contribution in [0.15, 0.2) is 24.3 Å². The van der Waals surface area contributed by atoms with Gasteiger partial charge in [-0.1, -0.05) is 0 Å². The Morgan fingerprint density at radius 1 is 1.36 bits per heavy atom. The summed E-state index contributed by atoms with van der Waals surface area (Å²) in [6, 6.07) is 7.09. The van der Waals surface area contributed by atoms with Gasteiger partial charge in [-0.25, -0.2) is 0 Å². The molecule has 1 aliphatic rings. The Bertz CT molecular complexity index is 490. The molecule has 0 unspecified atom stereocenters. The van der Waals surface area contributed by atoms with Crippen molar-refractivity contribution in [3.8, 4) is 5.75 Å². The molecule has 1 amide bonds. The molecule has 0 aromatic heterocycles. The van der Waals surface area contributed by atoms with Crippen LogP contribution in [-0.2, 0) is 0 Å². The Hall–Kier alpha value is -1.63. The molecule has 0 bridgehead atoms. The van der Waals surface area contributed by atoms with E-state index in [1.165, 1.54) is 0 Å². The minimum Gasteiger partial charge on any atom is -0.494 e. The van der Waals surface area contributed by atoms with Gasteiger partial charge in [0, 0.05) is 18.7 Å². The smallest absolute Gasteiger partial charge is 0.254 e. The van der Waals surface area contributed by atoms with E-state index in [0.29, 0.717) is 31.8 Å². The van der Waals surface area contributed by atoms with E-state index in [-0.39, 0.29) is 11.9 Å². The van der Waals surface area contributed by atoms with Crippen LogP contribution >= 0.6 is 0 Å². The van der Waals surface area contributed by atoms with Gasteiger partial charge in [-0.15, -0.1) is 0 Å². The molecule has 1 saturated heterocycles. The molecule has 0 radical (unpaired) electrons. The van der Waals surface area contributed by atoms with Gasteiger partial charge in [-0.05, 0) is 51.3 Å². The minimum atomic E-state index is -0.502. The molecule has 3 N–H and O–H groups in total. The maximum Gasteiger partial charge on any atom is 0.254 e. The molecule has 1 aromatic carbocycles. The quantitative estimate of drug-likeness (QED) is 0.732. The van der Waals surface area contributed by atoms with Crippen LogP contribution in [0.1, 0.15) is 16.8 Å². The SMILES string of the molecule is CN(C)[C@@H]1CN(C(=O)c2ccc(OCCCN)cc2)C[C@H]1O. The van der Waals surface area contributed by atoms with E-state index < -0.39 is 6.10 Å². The van der Waals surface area contributed by atoms with Crippen LogP contribution < -0.4 is 10.5 Å². The van der Waals surface area contributed by atoms with Gasteiger partial charge in [0.15, 0.2) is 0 Å². The van der Waals surface area contributed by atoms with Crippen molar-refractivity contribution in [2.24, 2.45) is 5.73 Å². The number of carbonyl (C=O) groups excluding carboxylic acids is 1. The third-order valence-corrected chi connectivity index (χ3v) is 3.93. The van der Waals surface area contributed by atoms with E-state index in [4.69, 9.17) is 10.5 Å². The van der Waals surface area contributed by atoms with Gasteiger partial charge in [-0.3, -0.25) is 4.79 Å². The van der Waals surface area contributed by atoms with Crippen molar-refractivity contribution in [2.75, 3.05) is 40.3 Å². The average Bonchev–Trinajstić information content (AvgIpc) is 2.90. The third-order valence-electron chi connectivity index (χ3n) is 3.93. The Labute approximate surface area is 131 Å².